The highest BCUT2D eigenvalue weighted by atomic mass is 16.6. The van der Waals surface area contributed by atoms with Gasteiger partial charge in [0.25, 0.3) is 0 Å². The number of carbonyl (C=O) groups excluding carboxylic acids is 2. The van der Waals surface area contributed by atoms with Crippen LogP contribution in [0, 0.1) is 0 Å². The number of aromatic nitrogens is 6. The van der Waals surface area contributed by atoms with Gasteiger partial charge >= 0.3 is 12.1 Å². The Morgan fingerprint density at radius 3 is 1.84 bits per heavy atom. The molecule has 0 aliphatic rings. The minimum atomic E-state index is -0.973. The van der Waals surface area contributed by atoms with Gasteiger partial charge in [0.2, 0.25) is 0 Å². The first-order chi connectivity index (χ1) is 30.5. The smallest absolute Gasteiger partial charge is 0.408 e. The molecule has 2 heterocycles. The second-order valence-corrected chi connectivity index (χ2v) is 15.0. The third-order valence-electron chi connectivity index (χ3n) is 10.9. The molecule has 2 aromatic heterocycles. The van der Waals surface area contributed by atoms with Crippen LogP contribution >= 0.6 is 0 Å². The van der Waals surface area contributed by atoms with E-state index in [4.69, 9.17) is 24.8 Å². The van der Waals surface area contributed by atoms with Crippen LogP contribution in [0.15, 0.2) is 176 Å². The number of alkyl carbamates (subject to hydrolysis) is 1. The number of hydrogen-bond acceptors (Lipinski definition) is 8. The molecule has 0 aliphatic heterocycles. The number of methoxy groups -OCH3 is 1. The molecule has 0 aliphatic carbocycles. The molecule has 0 fully saturated rings. The number of aryl methyl sites for hydroxylation is 1. The van der Waals surface area contributed by atoms with E-state index in [0.717, 1.165) is 63.2 Å². The van der Waals surface area contributed by atoms with E-state index in [1.54, 1.807) is 0 Å². The Hall–Kier alpha value is -7.66. The SMILES string of the molecule is CCCc1nc(CC(NC(=O)OCc2ccccc2)C(=O)OC)cn1Cc1ccc(-c2ccccc2-c2nnnn2C(c2ccccc2)(c2ccccc2)c2ccccc2)cc1. The summed E-state index contributed by atoms with van der Waals surface area (Å²) in [7, 11) is 1.30. The maximum absolute atomic E-state index is 12.8. The van der Waals surface area contributed by atoms with Crippen LogP contribution in [0.3, 0.4) is 0 Å². The minimum absolute atomic E-state index is 0.0799. The highest BCUT2D eigenvalue weighted by Crippen LogP contribution is 2.43. The monoisotopic (exact) mass is 821 g/mol. The van der Waals surface area contributed by atoms with Gasteiger partial charge in [-0.3, -0.25) is 0 Å². The number of amides is 1. The number of hydrogen-bond donors (Lipinski definition) is 1. The Labute approximate surface area is 361 Å². The van der Waals surface area contributed by atoms with Crippen molar-refractivity contribution in [1.82, 2.24) is 35.1 Å². The highest BCUT2D eigenvalue weighted by molar-refractivity contribution is 5.82. The number of nitrogens with one attached hydrogen (secondary N) is 1. The van der Waals surface area contributed by atoms with Gasteiger partial charge in [-0.05, 0) is 55.8 Å². The van der Waals surface area contributed by atoms with Crippen LogP contribution in [-0.4, -0.2) is 55.0 Å². The lowest BCUT2D eigenvalue weighted by Gasteiger charge is -2.36. The van der Waals surface area contributed by atoms with Gasteiger partial charge in [-0.25, -0.2) is 19.3 Å². The second kappa shape index (κ2) is 19.2. The number of nitrogens with zero attached hydrogens (tertiary/aromatic N) is 6. The zero-order valence-corrected chi connectivity index (χ0v) is 34.7. The molecular weight excluding hydrogens is 775 g/mol. The fourth-order valence-corrected chi connectivity index (χ4v) is 8.03. The van der Waals surface area contributed by atoms with E-state index in [9.17, 15) is 9.59 Å². The van der Waals surface area contributed by atoms with Gasteiger partial charge in [0, 0.05) is 31.1 Å². The first kappa shape index (κ1) is 41.1. The summed E-state index contributed by atoms with van der Waals surface area (Å²) in [5, 5.41) is 16.5. The van der Waals surface area contributed by atoms with Crippen molar-refractivity contribution >= 4 is 12.1 Å². The summed E-state index contributed by atoms with van der Waals surface area (Å²) in [5.74, 6) is 0.933. The average Bonchev–Trinajstić information content (AvgIpc) is 3.97. The number of imidazole rings is 1. The molecule has 8 rings (SSSR count). The fourth-order valence-electron chi connectivity index (χ4n) is 8.03. The Kier molecular flexibility index (Phi) is 12.7. The lowest BCUT2D eigenvalue weighted by atomic mass is 9.77. The van der Waals surface area contributed by atoms with Crippen molar-refractivity contribution < 1.29 is 19.1 Å². The van der Waals surface area contributed by atoms with Crippen LogP contribution in [0.1, 0.15) is 52.7 Å². The summed E-state index contributed by atoms with van der Waals surface area (Å²) in [4.78, 5) is 30.4. The lowest BCUT2D eigenvalue weighted by molar-refractivity contribution is -0.143. The lowest BCUT2D eigenvalue weighted by Crippen LogP contribution is -2.43. The fraction of sp³-hybridized carbons (Fsp3) is 0.176. The van der Waals surface area contributed by atoms with E-state index in [2.05, 4.69) is 131 Å². The van der Waals surface area contributed by atoms with Crippen molar-refractivity contribution in [3.63, 3.8) is 0 Å². The molecule has 62 heavy (non-hydrogen) atoms. The molecule has 11 heteroatoms. The van der Waals surface area contributed by atoms with E-state index in [-0.39, 0.29) is 13.0 Å². The summed E-state index contributed by atoms with van der Waals surface area (Å²) in [6.07, 6.45) is 3.01. The summed E-state index contributed by atoms with van der Waals surface area (Å²) in [6.45, 7) is 2.74. The van der Waals surface area contributed by atoms with E-state index in [0.29, 0.717) is 18.1 Å². The maximum Gasteiger partial charge on any atom is 0.408 e. The van der Waals surface area contributed by atoms with Gasteiger partial charge in [-0.1, -0.05) is 177 Å². The molecule has 8 aromatic rings. The molecule has 6 aromatic carbocycles. The van der Waals surface area contributed by atoms with Crippen molar-refractivity contribution in [1.29, 1.82) is 0 Å². The topological polar surface area (TPSA) is 126 Å². The predicted molar refractivity (Wildman–Crippen MR) is 238 cm³/mol. The Morgan fingerprint density at radius 1 is 0.694 bits per heavy atom. The molecule has 1 atom stereocenters. The molecule has 0 spiro atoms. The maximum atomic E-state index is 12.8. The molecule has 0 radical (unpaired) electrons. The van der Waals surface area contributed by atoms with Crippen molar-refractivity contribution in [2.75, 3.05) is 7.11 Å². The van der Waals surface area contributed by atoms with Crippen molar-refractivity contribution in [2.24, 2.45) is 0 Å². The third-order valence-corrected chi connectivity index (χ3v) is 10.9. The van der Waals surface area contributed by atoms with Gasteiger partial charge in [0.15, 0.2) is 5.82 Å². The third kappa shape index (κ3) is 8.78. The van der Waals surface area contributed by atoms with E-state index in [1.807, 2.05) is 71.5 Å². The average molecular weight is 822 g/mol. The van der Waals surface area contributed by atoms with Gasteiger partial charge in [-0.15, -0.1) is 5.10 Å². The zero-order valence-electron chi connectivity index (χ0n) is 34.7. The van der Waals surface area contributed by atoms with E-state index >= 15 is 0 Å². The largest absolute Gasteiger partial charge is 0.467 e. The molecule has 310 valence electrons. The normalized spacial score (nSPS) is 11.8. The summed E-state index contributed by atoms with van der Waals surface area (Å²) in [6, 6.07) is 56.2. The second-order valence-electron chi connectivity index (χ2n) is 15.0. The summed E-state index contributed by atoms with van der Waals surface area (Å²) < 4.78 is 14.5. The van der Waals surface area contributed by atoms with Crippen molar-refractivity contribution in [3.8, 4) is 22.5 Å². The molecule has 0 saturated carbocycles. The van der Waals surface area contributed by atoms with Crippen LogP contribution in [0.4, 0.5) is 4.79 Å². The molecular formula is C51H47N7O4. The first-order valence-corrected chi connectivity index (χ1v) is 20.7. The van der Waals surface area contributed by atoms with E-state index < -0.39 is 23.6 Å². The zero-order chi connectivity index (χ0) is 42.7. The predicted octanol–water partition coefficient (Wildman–Crippen LogP) is 9.06. The number of ether oxygens (including phenoxy) is 2. The molecule has 1 unspecified atom stereocenters. The molecule has 1 N–H and O–H groups in total. The first-order valence-electron chi connectivity index (χ1n) is 20.7. The standard InChI is InChI=1S/C51H47N7O4/c1-3-18-47-52-43(33-46(49(59)61-2)53-50(60)62-36-38-19-8-4-9-20-38)35-57(47)34-37-29-31-39(32-30-37)44-27-16-17-28-45(44)48-54-55-56-58(48)51(40-21-10-5-11-22-40,41-23-12-6-13-24-41)42-25-14-7-15-26-42/h4-17,19-32,35,46H,3,18,33-34,36H2,1-2H3,(H,53,60). The number of carbonyl (C=O) groups is 2. The Morgan fingerprint density at radius 2 is 1.26 bits per heavy atom. The minimum Gasteiger partial charge on any atom is -0.467 e. The van der Waals surface area contributed by atoms with Crippen molar-refractivity contribution in [3.05, 3.63) is 215 Å². The summed E-state index contributed by atoms with van der Waals surface area (Å²) in [5.41, 5.74) is 7.63. The van der Waals surface area contributed by atoms with Gasteiger partial charge in [0.05, 0.1) is 12.8 Å². The number of esters is 1. The van der Waals surface area contributed by atoms with Crippen LogP contribution in [0.2, 0.25) is 0 Å². The summed E-state index contributed by atoms with van der Waals surface area (Å²) >= 11 is 0. The van der Waals surface area contributed by atoms with Crippen LogP contribution in [-0.2, 0) is 45.8 Å². The number of benzene rings is 6. The van der Waals surface area contributed by atoms with Crippen LogP contribution < -0.4 is 5.32 Å². The van der Waals surface area contributed by atoms with Crippen molar-refractivity contribution in [2.45, 2.75) is 50.9 Å². The molecule has 0 saturated heterocycles. The Balaban J connectivity index is 1.07. The molecule has 0 bridgehead atoms. The van der Waals surface area contributed by atoms with Crippen LogP contribution in [0.25, 0.3) is 22.5 Å². The van der Waals surface area contributed by atoms with Gasteiger partial charge < -0.3 is 19.4 Å². The Bertz CT molecular complexity index is 2610. The quantitative estimate of drug-likeness (QED) is 0.0756. The number of tetrazole rings is 1. The highest BCUT2D eigenvalue weighted by Gasteiger charge is 2.42. The molecule has 11 nitrogen and oxygen atoms in total. The van der Waals surface area contributed by atoms with Crippen LogP contribution in [0.5, 0.6) is 0 Å². The molecule has 1 amide bonds. The van der Waals surface area contributed by atoms with E-state index in [1.165, 1.54) is 7.11 Å². The number of rotatable bonds is 16. The van der Waals surface area contributed by atoms with Gasteiger partial charge in [-0.2, -0.15) is 0 Å². The van der Waals surface area contributed by atoms with Gasteiger partial charge in [0.1, 0.15) is 24.0 Å².